The predicted molar refractivity (Wildman–Crippen MR) is 165 cm³/mol. The highest BCUT2D eigenvalue weighted by Crippen LogP contribution is 2.41. The molecule has 0 bridgehead atoms. The smallest absolute Gasteiger partial charge is 0.264 e. The van der Waals surface area contributed by atoms with E-state index < -0.39 is 33.3 Å². The van der Waals surface area contributed by atoms with Crippen LogP contribution in [-0.4, -0.2) is 39.4 Å². The molecule has 3 N–H and O–H groups in total. The van der Waals surface area contributed by atoms with Gasteiger partial charge in [0.15, 0.2) is 0 Å². The van der Waals surface area contributed by atoms with E-state index in [4.69, 9.17) is 5.73 Å². The largest absolute Gasteiger partial charge is 0.368 e. The van der Waals surface area contributed by atoms with Crippen LogP contribution in [0.2, 0.25) is 0 Å². The maximum atomic E-state index is 14.5. The number of rotatable bonds is 7. The first kappa shape index (κ1) is 30.0. The molecule has 0 spiro atoms. The first-order chi connectivity index (χ1) is 19.1. The van der Waals surface area contributed by atoms with Crippen molar-refractivity contribution >= 4 is 56.4 Å². The van der Waals surface area contributed by atoms with E-state index in [0.717, 1.165) is 21.9 Å². The van der Waals surface area contributed by atoms with Crippen molar-refractivity contribution in [3.63, 3.8) is 0 Å². The minimum absolute atomic E-state index is 0. The van der Waals surface area contributed by atoms with Crippen molar-refractivity contribution < 1.29 is 18.0 Å². The number of amides is 2. The third kappa shape index (κ3) is 5.16. The van der Waals surface area contributed by atoms with Crippen LogP contribution in [0.3, 0.4) is 0 Å². The first-order valence-electron chi connectivity index (χ1n) is 13.0. The van der Waals surface area contributed by atoms with Crippen molar-refractivity contribution in [1.29, 1.82) is 0 Å². The lowest BCUT2D eigenvalue weighted by molar-refractivity contribution is -0.133. The Hall–Kier alpha value is -3.92. The average Bonchev–Trinajstić information content (AvgIpc) is 3.09. The van der Waals surface area contributed by atoms with Crippen molar-refractivity contribution in [3.05, 3.63) is 102 Å². The fourth-order valence-corrected chi connectivity index (χ4v) is 6.89. The van der Waals surface area contributed by atoms with Crippen molar-refractivity contribution in [2.24, 2.45) is 11.7 Å². The van der Waals surface area contributed by atoms with Crippen LogP contribution in [0.1, 0.15) is 18.1 Å². The minimum Gasteiger partial charge on any atom is -0.368 e. The van der Waals surface area contributed by atoms with E-state index in [1.807, 2.05) is 43.3 Å². The van der Waals surface area contributed by atoms with Gasteiger partial charge < -0.3 is 16.0 Å². The van der Waals surface area contributed by atoms with Crippen molar-refractivity contribution in [2.75, 3.05) is 22.8 Å². The van der Waals surface area contributed by atoms with Gasteiger partial charge in [-0.3, -0.25) is 13.9 Å². The number of aryl methyl sites for hydroxylation is 1. The molecule has 0 saturated carbocycles. The van der Waals surface area contributed by atoms with Gasteiger partial charge in [-0.2, -0.15) is 0 Å². The van der Waals surface area contributed by atoms with Crippen LogP contribution in [0.5, 0.6) is 0 Å². The number of hydrogen-bond donors (Lipinski definition) is 2. The topological polar surface area (TPSA) is 113 Å². The van der Waals surface area contributed by atoms with E-state index in [9.17, 15) is 18.0 Å². The standard InChI is InChI=1S/C31H32N4O4S.ClH/c1-21-17-18-22-11-7-8-14-24(22)25(21)19-34-27-15-9-10-16-28(27)35(40(38,39)23-12-5-4-6-13-23)20-26(29(34)36)31(2,33-3)30(32)37;/h4-18,26,33H,19-20H2,1-3H3,(H2,32,37);1H/t26-,31?;/m1./s1. The Morgan fingerprint density at radius 3 is 2.22 bits per heavy atom. The van der Waals surface area contributed by atoms with Crippen LogP contribution in [0.4, 0.5) is 11.4 Å². The number of nitrogens with zero attached hydrogens (tertiary/aromatic N) is 2. The van der Waals surface area contributed by atoms with Gasteiger partial charge in [0, 0.05) is 6.54 Å². The predicted octanol–water partition coefficient (Wildman–Crippen LogP) is 4.39. The molecule has 2 amide bonds. The molecule has 1 heterocycles. The summed E-state index contributed by atoms with van der Waals surface area (Å²) in [5.74, 6) is -2.28. The van der Waals surface area contributed by atoms with E-state index in [1.165, 1.54) is 16.4 Å². The Morgan fingerprint density at radius 2 is 1.56 bits per heavy atom. The third-order valence-corrected chi connectivity index (χ3v) is 9.80. The molecule has 2 atom stereocenters. The third-order valence-electron chi connectivity index (χ3n) is 8.00. The molecule has 0 radical (unpaired) electrons. The Bertz CT molecular complexity index is 1710. The van der Waals surface area contributed by atoms with Gasteiger partial charge in [-0.05, 0) is 67.1 Å². The molecule has 1 unspecified atom stereocenters. The summed E-state index contributed by atoms with van der Waals surface area (Å²) in [7, 11) is -2.57. The van der Waals surface area contributed by atoms with E-state index in [0.29, 0.717) is 11.4 Å². The fourth-order valence-electron chi connectivity index (χ4n) is 5.37. The zero-order chi connectivity index (χ0) is 28.7. The molecule has 1 aliphatic rings. The summed E-state index contributed by atoms with van der Waals surface area (Å²) in [6.45, 7) is 3.43. The summed E-state index contributed by atoms with van der Waals surface area (Å²) in [4.78, 5) is 29.0. The Morgan fingerprint density at radius 1 is 0.951 bits per heavy atom. The number of halogens is 1. The molecule has 4 aromatic rings. The monoisotopic (exact) mass is 592 g/mol. The number of hydrogen-bond acceptors (Lipinski definition) is 5. The van der Waals surface area contributed by atoms with Gasteiger partial charge in [-0.1, -0.05) is 66.7 Å². The highest BCUT2D eigenvalue weighted by Gasteiger charge is 2.49. The van der Waals surface area contributed by atoms with Gasteiger partial charge in [0.1, 0.15) is 5.54 Å². The minimum atomic E-state index is -4.11. The number of nitrogens with one attached hydrogen (secondary N) is 1. The Balaban J connectivity index is 0.00000387. The van der Waals surface area contributed by atoms with Crippen LogP contribution in [0.25, 0.3) is 10.8 Å². The molecule has 0 fully saturated rings. The lowest BCUT2D eigenvalue weighted by Crippen LogP contribution is -2.63. The second-order valence-electron chi connectivity index (χ2n) is 10.2. The zero-order valence-electron chi connectivity index (χ0n) is 23.1. The number of nitrogens with two attached hydrogens (primary N) is 1. The number of fused-ring (bicyclic) bond motifs is 2. The summed E-state index contributed by atoms with van der Waals surface area (Å²) in [6, 6.07) is 27.0. The van der Waals surface area contributed by atoms with E-state index >= 15 is 0 Å². The van der Waals surface area contributed by atoms with Gasteiger partial charge in [-0.15, -0.1) is 12.4 Å². The quantitative estimate of drug-likeness (QED) is 0.330. The molecule has 8 nitrogen and oxygen atoms in total. The summed E-state index contributed by atoms with van der Waals surface area (Å²) >= 11 is 0. The number of carbonyl (C=O) groups excluding carboxylic acids is 2. The summed E-state index contributed by atoms with van der Waals surface area (Å²) < 4.78 is 29.4. The lowest BCUT2D eigenvalue weighted by atomic mass is 9.83. The highest BCUT2D eigenvalue weighted by atomic mass is 35.5. The maximum absolute atomic E-state index is 14.5. The van der Waals surface area contributed by atoms with Crippen LogP contribution in [0.15, 0.2) is 95.9 Å². The molecule has 0 saturated heterocycles. The molecule has 0 aromatic heterocycles. The molecule has 10 heteroatoms. The molecular weight excluding hydrogens is 560 g/mol. The van der Waals surface area contributed by atoms with Gasteiger partial charge in [0.05, 0.1) is 28.7 Å². The van der Waals surface area contributed by atoms with Crippen LogP contribution < -0.4 is 20.3 Å². The summed E-state index contributed by atoms with van der Waals surface area (Å²) in [5, 5.41) is 4.95. The molecular formula is C31H33ClN4O4S. The van der Waals surface area contributed by atoms with E-state index in [1.54, 1.807) is 61.3 Å². The number of primary amides is 1. The first-order valence-corrected chi connectivity index (χ1v) is 14.5. The second-order valence-corrected chi connectivity index (χ2v) is 12.1. The molecule has 0 aliphatic carbocycles. The van der Waals surface area contributed by atoms with Crippen LogP contribution >= 0.6 is 12.4 Å². The highest BCUT2D eigenvalue weighted by molar-refractivity contribution is 7.92. The normalized spacial score (nSPS) is 16.9. The number of para-hydroxylation sites is 2. The van der Waals surface area contributed by atoms with E-state index in [2.05, 4.69) is 5.32 Å². The van der Waals surface area contributed by atoms with Gasteiger partial charge in [-0.25, -0.2) is 8.42 Å². The van der Waals surface area contributed by atoms with Crippen molar-refractivity contribution in [3.8, 4) is 0 Å². The van der Waals surface area contributed by atoms with Gasteiger partial charge >= 0.3 is 0 Å². The lowest BCUT2D eigenvalue weighted by Gasteiger charge is -2.36. The SMILES string of the molecule is CNC(C)(C(N)=O)[C@@H]1CN(S(=O)(=O)c2ccccc2)c2ccccc2N(Cc2c(C)ccc3ccccc23)C1=O.Cl. The molecule has 1 aliphatic heterocycles. The summed E-state index contributed by atoms with van der Waals surface area (Å²) in [5.41, 5.74) is 7.03. The maximum Gasteiger partial charge on any atom is 0.264 e. The van der Waals surface area contributed by atoms with Crippen molar-refractivity contribution in [2.45, 2.75) is 30.8 Å². The fraction of sp³-hybridized carbons (Fsp3) is 0.226. The average molecular weight is 593 g/mol. The van der Waals surface area contributed by atoms with Crippen LogP contribution in [-0.2, 0) is 26.2 Å². The van der Waals surface area contributed by atoms with Gasteiger partial charge in [0.2, 0.25) is 11.8 Å². The molecule has 5 rings (SSSR count). The number of sulfonamides is 1. The number of anilines is 2. The van der Waals surface area contributed by atoms with Gasteiger partial charge in [0.25, 0.3) is 10.0 Å². The van der Waals surface area contributed by atoms with Crippen molar-refractivity contribution in [1.82, 2.24) is 5.32 Å². The Kier molecular flexibility index (Phi) is 8.44. The molecule has 4 aromatic carbocycles. The molecule has 41 heavy (non-hydrogen) atoms. The van der Waals surface area contributed by atoms with Crippen LogP contribution in [0, 0.1) is 12.8 Å². The second kappa shape index (κ2) is 11.5. The Labute approximate surface area is 246 Å². The van der Waals surface area contributed by atoms with E-state index in [-0.39, 0.29) is 30.4 Å². The zero-order valence-corrected chi connectivity index (χ0v) is 24.7. The summed E-state index contributed by atoms with van der Waals surface area (Å²) in [6.07, 6.45) is 0. The molecule has 214 valence electrons. The number of likely N-dealkylation sites (N-methyl/N-ethyl adjacent to an activating group) is 1. The number of carbonyl (C=O) groups is 2. The number of benzene rings is 4.